The van der Waals surface area contributed by atoms with Gasteiger partial charge in [0.2, 0.25) is 0 Å². The second-order valence-corrected chi connectivity index (χ2v) is 11.0. The number of carbonyl (C=O) groups is 2. The summed E-state index contributed by atoms with van der Waals surface area (Å²) in [6, 6.07) is 17.7. The molecule has 1 saturated carbocycles. The van der Waals surface area contributed by atoms with Crippen LogP contribution in [0.25, 0.3) is 0 Å². The Morgan fingerprint density at radius 2 is 1.76 bits per heavy atom. The molecule has 2 aliphatic rings. The number of aliphatic imine (C=N–C) groups is 1. The van der Waals surface area contributed by atoms with Crippen LogP contribution in [0, 0.1) is 12.3 Å². The van der Waals surface area contributed by atoms with Crippen LogP contribution >= 0.6 is 0 Å². The van der Waals surface area contributed by atoms with E-state index < -0.39 is 0 Å². The predicted molar refractivity (Wildman–Crippen MR) is 143 cm³/mol. The number of para-hydroxylation sites is 1. The van der Waals surface area contributed by atoms with Crippen molar-refractivity contribution in [2.24, 2.45) is 10.4 Å². The quantitative estimate of drug-likeness (QED) is 0.310. The number of hydrogen-bond acceptors (Lipinski definition) is 6. The van der Waals surface area contributed by atoms with Gasteiger partial charge in [-0.1, -0.05) is 67.5 Å². The van der Waals surface area contributed by atoms with Crippen LogP contribution in [0.2, 0.25) is 0 Å². The number of aliphatic hydroxyl groups excluding tert-OH is 1. The standard InChI is InChI=1S/C31H32N2O4/c1-19-9-7-8-12-22(19)32-24-15-21(20-10-5-4-6-11-20)16-26(35)29(24)25(34)14-13-23-30-27(36)17-31(2,3)18-28(30)37-33-23/h4-12,21,34H,13-18H2,1-3H3/b29-25+,32-24?. The van der Waals surface area contributed by atoms with Crippen molar-refractivity contribution in [3.63, 3.8) is 0 Å². The topological polar surface area (TPSA) is 92.8 Å². The molecule has 1 atom stereocenters. The second kappa shape index (κ2) is 9.92. The normalized spacial score (nSPS) is 21.7. The summed E-state index contributed by atoms with van der Waals surface area (Å²) >= 11 is 0. The molecule has 0 saturated heterocycles. The van der Waals surface area contributed by atoms with Gasteiger partial charge in [0, 0.05) is 32.1 Å². The van der Waals surface area contributed by atoms with E-state index in [4.69, 9.17) is 9.52 Å². The molecule has 190 valence electrons. The molecule has 1 aromatic heterocycles. The highest BCUT2D eigenvalue weighted by Crippen LogP contribution is 2.38. The van der Waals surface area contributed by atoms with Gasteiger partial charge in [-0.05, 0) is 41.9 Å². The average molecular weight is 497 g/mol. The van der Waals surface area contributed by atoms with E-state index >= 15 is 0 Å². The molecule has 6 heteroatoms. The van der Waals surface area contributed by atoms with E-state index in [1.165, 1.54) is 0 Å². The molecule has 1 fully saturated rings. The van der Waals surface area contributed by atoms with Crippen molar-refractivity contribution >= 4 is 23.0 Å². The molecule has 0 bridgehead atoms. The zero-order chi connectivity index (χ0) is 26.2. The first-order valence-electron chi connectivity index (χ1n) is 12.9. The summed E-state index contributed by atoms with van der Waals surface area (Å²) in [6.45, 7) is 6.06. The number of aromatic nitrogens is 1. The fourth-order valence-electron chi connectivity index (χ4n) is 5.47. The fourth-order valence-corrected chi connectivity index (χ4v) is 5.47. The van der Waals surface area contributed by atoms with Gasteiger partial charge in [-0.3, -0.25) is 14.6 Å². The number of allylic oxidation sites excluding steroid dienone is 2. The molecule has 2 aliphatic carbocycles. The van der Waals surface area contributed by atoms with Crippen molar-refractivity contribution in [3.05, 3.63) is 94.1 Å². The fraction of sp³-hybridized carbons (Fsp3) is 0.355. The highest BCUT2D eigenvalue weighted by Gasteiger charge is 2.37. The maximum atomic E-state index is 13.4. The highest BCUT2D eigenvalue weighted by molar-refractivity contribution is 6.25. The van der Waals surface area contributed by atoms with Crippen LogP contribution in [0.4, 0.5) is 5.69 Å². The van der Waals surface area contributed by atoms with Crippen molar-refractivity contribution in [1.82, 2.24) is 5.16 Å². The van der Waals surface area contributed by atoms with Gasteiger partial charge in [-0.2, -0.15) is 0 Å². The zero-order valence-electron chi connectivity index (χ0n) is 21.6. The molecular weight excluding hydrogens is 464 g/mol. The predicted octanol–water partition coefficient (Wildman–Crippen LogP) is 6.80. The first-order chi connectivity index (χ1) is 17.7. The lowest BCUT2D eigenvalue weighted by Gasteiger charge is -2.27. The van der Waals surface area contributed by atoms with Crippen molar-refractivity contribution in [2.45, 2.75) is 65.2 Å². The minimum Gasteiger partial charge on any atom is -0.511 e. The molecule has 2 aromatic carbocycles. The Labute approximate surface area is 217 Å². The molecule has 0 amide bonds. The van der Waals surface area contributed by atoms with Crippen molar-refractivity contribution < 1.29 is 19.2 Å². The van der Waals surface area contributed by atoms with Gasteiger partial charge in [-0.25, -0.2) is 0 Å². The summed E-state index contributed by atoms with van der Waals surface area (Å²) in [6.07, 6.45) is 2.45. The van der Waals surface area contributed by atoms with Gasteiger partial charge in [0.05, 0.1) is 28.2 Å². The Bertz CT molecular complexity index is 1410. The molecular formula is C31H32N2O4. The summed E-state index contributed by atoms with van der Waals surface area (Å²) in [5, 5.41) is 15.4. The van der Waals surface area contributed by atoms with Crippen LogP contribution in [0.15, 0.2) is 75.4 Å². The van der Waals surface area contributed by atoms with Gasteiger partial charge >= 0.3 is 0 Å². The number of Topliss-reactive ketones (excluding diaryl/α,β-unsaturated/α-hetero) is 2. The largest absolute Gasteiger partial charge is 0.511 e. The van der Waals surface area contributed by atoms with Crippen molar-refractivity contribution in [2.75, 3.05) is 0 Å². The first kappa shape index (κ1) is 24.9. The Hall–Kier alpha value is -3.80. The summed E-state index contributed by atoms with van der Waals surface area (Å²) in [5.41, 5.74) is 4.69. The van der Waals surface area contributed by atoms with Gasteiger partial charge < -0.3 is 9.63 Å². The number of carbonyl (C=O) groups excluding carboxylic acids is 2. The number of nitrogens with zero attached hydrogens (tertiary/aromatic N) is 2. The first-order valence-corrected chi connectivity index (χ1v) is 12.9. The molecule has 0 spiro atoms. The van der Waals surface area contributed by atoms with E-state index in [0.717, 1.165) is 16.8 Å². The third-order valence-corrected chi connectivity index (χ3v) is 7.36. The SMILES string of the molecule is Cc1ccccc1N=C1CC(c2ccccc2)CC(=O)/C1=C(/O)CCc1noc2c1C(=O)CC(C)(C)C2. The minimum absolute atomic E-state index is 0.00319. The van der Waals surface area contributed by atoms with Gasteiger partial charge in [-0.15, -0.1) is 0 Å². The number of hydrogen-bond donors (Lipinski definition) is 1. The molecule has 37 heavy (non-hydrogen) atoms. The molecule has 5 rings (SSSR count). The minimum atomic E-state index is -0.157. The lowest BCUT2D eigenvalue weighted by molar-refractivity contribution is -0.116. The number of rotatable bonds is 5. The summed E-state index contributed by atoms with van der Waals surface area (Å²) < 4.78 is 5.51. The molecule has 0 aliphatic heterocycles. The Morgan fingerprint density at radius 3 is 2.51 bits per heavy atom. The molecule has 3 aromatic rings. The van der Waals surface area contributed by atoms with Gasteiger partial charge in [0.25, 0.3) is 0 Å². The van der Waals surface area contributed by atoms with E-state index in [0.29, 0.717) is 60.4 Å². The zero-order valence-corrected chi connectivity index (χ0v) is 21.6. The van der Waals surface area contributed by atoms with E-state index in [-0.39, 0.29) is 35.1 Å². The van der Waals surface area contributed by atoms with Crippen LogP contribution in [0.5, 0.6) is 0 Å². The molecule has 1 unspecified atom stereocenters. The monoisotopic (exact) mass is 496 g/mol. The lowest BCUT2D eigenvalue weighted by atomic mass is 9.76. The van der Waals surface area contributed by atoms with Crippen LogP contribution < -0.4 is 0 Å². The highest BCUT2D eigenvalue weighted by atomic mass is 16.5. The molecule has 1 heterocycles. The Morgan fingerprint density at radius 1 is 1.03 bits per heavy atom. The summed E-state index contributed by atoms with van der Waals surface area (Å²) in [4.78, 5) is 31.1. The number of fused-ring (bicyclic) bond motifs is 1. The summed E-state index contributed by atoms with van der Waals surface area (Å²) in [7, 11) is 0. The number of ketones is 2. The third-order valence-electron chi connectivity index (χ3n) is 7.36. The van der Waals surface area contributed by atoms with Crippen molar-refractivity contribution in [3.8, 4) is 0 Å². The smallest absolute Gasteiger partial charge is 0.168 e. The maximum Gasteiger partial charge on any atom is 0.168 e. The van der Waals surface area contributed by atoms with Crippen LogP contribution in [-0.2, 0) is 17.6 Å². The van der Waals surface area contributed by atoms with Crippen LogP contribution in [-0.4, -0.2) is 27.5 Å². The molecule has 1 N–H and O–H groups in total. The molecule has 0 radical (unpaired) electrons. The Kier molecular flexibility index (Phi) is 6.67. The van der Waals surface area contributed by atoms with E-state index in [2.05, 4.69) is 5.16 Å². The lowest BCUT2D eigenvalue weighted by Crippen LogP contribution is -2.27. The van der Waals surface area contributed by atoms with Crippen LogP contribution in [0.3, 0.4) is 0 Å². The van der Waals surface area contributed by atoms with Crippen LogP contribution in [0.1, 0.15) is 78.4 Å². The van der Waals surface area contributed by atoms with E-state index in [1.54, 1.807) is 0 Å². The average Bonchev–Trinajstić information content (AvgIpc) is 3.26. The van der Waals surface area contributed by atoms with Crippen molar-refractivity contribution in [1.29, 1.82) is 0 Å². The van der Waals surface area contributed by atoms with E-state index in [9.17, 15) is 14.7 Å². The van der Waals surface area contributed by atoms with E-state index in [1.807, 2.05) is 75.4 Å². The summed E-state index contributed by atoms with van der Waals surface area (Å²) in [5.74, 6) is 0.506. The maximum absolute atomic E-state index is 13.4. The number of aliphatic hydroxyl groups is 1. The van der Waals surface area contributed by atoms with Gasteiger partial charge in [0.1, 0.15) is 11.5 Å². The third kappa shape index (κ3) is 5.19. The second-order valence-electron chi connectivity index (χ2n) is 11.0. The van der Waals surface area contributed by atoms with Gasteiger partial charge in [0.15, 0.2) is 11.6 Å². The Balaban J connectivity index is 1.46. The molecule has 6 nitrogen and oxygen atoms in total. The number of aryl methyl sites for hydroxylation is 2. The number of benzene rings is 2.